The van der Waals surface area contributed by atoms with Crippen LogP contribution in [-0.2, 0) is 7.05 Å². The highest BCUT2D eigenvalue weighted by atomic mass is 16.5. The monoisotopic (exact) mass is 396 g/mol. The Morgan fingerprint density at radius 3 is 2.97 bits per heavy atom. The molecule has 0 spiro atoms. The van der Waals surface area contributed by atoms with Crippen molar-refractivity contribution in [2.75, 3.05) is 36.5 Å². The molecule has 1 aliphatic rings. The highest BCUT2D eigenvalue weighted by Crippen LogP contribution is 2.23. The summed E-state index contributed by atoms with van der Waals surface area (Å²) >= 11 is 0. The van der Waals surface area contributed by atoms with E-state index in [0.717, 1.165) is 30.8 Å². The first-order valence-corrected chi connectivity index (χ1v) is 9.64. The third-order valence-corrected chi connectivity index (χ3v) is 4.68. The lowest BCUT2D eigenvalue weighted by molar-refractivity contribution is 0.102. The maximum Gasteiger partial charge on any atom is 0.262 e. The third-order valence-electron chi connectivity index (χ3n) is 4.68. The number of anilines is 2. The number of nitrogens with one attached hydrogen (secondary N) is 2. The summed E-state index contributed by atoms with van der Waals surface area (Å²) in [7, 11) is 1.80. The lowest BCUT2D eigenvalue weighted by Crippen LogP contribution is -2.49. The van der Waals surface area contributed by atoms with E-state index in [1.165, 1.54) is 0 Å². The van der Waals surface area contributed by atoms with Crippen molar-refractivity contribution < 1.29 is 9.53 Å². The van der Waals surface area contributed by atoms with Gasteiger partial charge in [-0.15, -0.1) is 10.2 Å². The predicted octanol–water partition coefficient (Wildman–Crippen LogP) is 1.21. The van der Waals surface area contributed by atoms with E-state index >= 15 is 0 Å². The maximum atomic E-state index is 12.8. The van der Waals surface area contributed by atoms with Gasteiger partial charge in [0.15, 0.2) is 17.3 Å². The van der Waals surface area contributed by atoms with E-state index < -0.39 is 0 Å². The van der Waals surface area contributed by atoms with Crippen LogP contribution in [0.15, 0.2) is 24.4 Å². The average molecular weight is 396 g/mol. The van der Waals surface area contributed by atoms with Gasteiger partial charge >= 0.3 is 0 Å². The summed E-state index contributed by atoms with van der Waals surface area (Å²) in [5.74, 6) is 1.06. The molecule has 1 fully saturated rings. The van der Waals surface area contributed by atoms with Crippen molar-refractivity contribution >= 4 is 28.6 Å². The molecule has 10 heteroatoms. The Labute approximate surface area is 168 Å². The van der Waals surface area contributed by atoms with Gasteiger partial charge in [-0.05, 0) is 32.0 Å². The average Bonchev–Trinajstić information content (AvgIpc) is 3.07. The van der Waals surface area contributed by atoms with E-state index in [-0.39, 0.29) is 11.8 Å². The molecule has 0 aromatic carbocycles. The summed E-state index contributed by atoms with van der Waals surface area (Å²) in [5, 5.41) is 19.6. The van der Waals surface area contributed by atoms with Gasteiger partial charge in [0.2, 0.25) is 5.88 Å². The topological polar surface area (TPSA) is 110 Å². The number of rotatable bonds is 5. The van der Waals surface area contributed by atoms with Crippen LogP contribution in [0.3, 0.4) is 0 Å². The van der Waals surface area contributed by atoms with E-state index in [1.807, 2.05) is 13.0 Å². The van der Waals surface area contributed by atoms with E-state index in [1.54, 1.807) is 30.1 Å². The maximum absolute atomic E-state index is 12.8. The van der Waals surface area contributed by atoms with Gasteiger partial charge < -0.3 is 20.3 Å². The molecular weight excluding hydrogens is 372 g/mol. The van der Waals surface area contributed by atoms with Crippen LogP contribution >= 0.6 is 0 Å². The van der Waals surface area contributed by atoms with Gasteiger partial charge in [0, 0.05) is 44.3 Å². The molecule has 2 N–H and O–H groups in total. The van der Waals surface area contributed by atoms with Gasteiger partial charge in [0.05, 0.1) is 6.61 Å². The van der Waals surface area contributed by atoms with Gasteiger partial charge in [-0.3, -0.25) is 9.48 Å². The third kappa shape index (κ3) is 4.11. The zero-order valence-corrected chi connectivity index (χ0v) is 16.7. The predicted molar refractivity (Wildman–Crippen MR) is 109 cm³/mol. The van der Waals surface area contributed by atoms with Crippen molar-refractivity contribution in [2.24, 2.45) is 7.05 Å². The zero-order valence-electron chi connectivity index (χ0n) is 16.7. The van der Waals surface area contributed by atoms with Crippen LogP contribution in [0.5, 0.6) is 5.88 Å². The summed E-state index contributed by atoms with van der Waals surface area (Å²) in [6, 6.07) is 5.74. The Balaban J connectivity index is 1.53. The van der Waals surface area contributed by atoms with E-state index in [9.17, 15) is 4.79 Å². The molecule has 0 bridgehead atoms. The van der Waals surface area contributed by atoms with Crippen molar-refractivity contribution in [1.82, 2.24) is 30.3 Å². The highest BCUT2D eigenvalue weighted by molar-refractivity contribution is 6.07. The van der Waals surface area contributed by atoms with Crippen molar-refractivity contribution in [1.29, 1.82) is 0 Å². The van der Waals surface area contributed by atoms with Crippen LogP contribution in [-0.4, -0.2) is 63.2 Å². The molecule has 4 rings (SSSR count). The smallest absolute Gasteiger partial charge is 0.262 e. The minimum Gasteiger partial charge on any atom is -0.477 e. The molecule has 3 aromatic heterocycles. The quantitative estimate of drug-likeness (QED) is 0.662. The van der Waals surface area contributed by atoms with Gasteiger partial charge in [0.1, 0.15) is 5.56 Å². The number of fused-ring (bicyclic) bond motifs is 1. The lowest BCUT2D eigenvalue weighted by atomic mass is 10.2. The number of nitrogens with zero attached hydrogens (tertiary/aromatic N) is 6. The van der Waals surface area contributed by atoms with Crippen LogP contribution < -0.4 is 20.3 Å². The van der Waals surface area contributed by atoms with Crippen LogP contribution in [0.25, 0.3) is 11.0 Å². The minimum absolute atomic E-state index is 0.246. The Bertz CT molecular complexity index is 1020. The molecule has 0 radical (unpaired) electrons. The number of pyridine rings is 1. The first-order chi connectivity index (χ1) is 14.0. The van der Waals surface area contributed by atoms with Crippen LogP contribution in [0, 0.1) is 0 Å². The number of piperazine rings is 1. The number of carbonyl (C=O) groups excluding carboxylic acids is 1. The van der Waals surface area contributed by atoms with Crippen molar-refractivity contribution in [3.8, 4) is 5.88 Å². The Hall–Kier alpha value is -3.27. The number of hydrogen-bond acceptors (Lipinski definition) is 8. The fourth-order valence-corrected chi connectivity index (χ4v) is 3.35. The molecule has 0 aliphatic carbocycles. The molecule has 0 unspecified atom stereocenters. The van der Waals surface area contributed by atoms with Crippen LogP contribution in [0.4, 0.5) is 11.6 Å². The standard InChI is InChI=1S/C19H24N8O2/c1-4-29-19-14(9-13-11-26(3)25-17(13)22-19)18(28)21-15-5-6-16(24-23-15)27-8-7-20-12(2)10-27/h5-6,9,11-12,20H,4,7-8,10H2,1-3H3,(H,21,23,28)/t12-/m0/s1. The van der Waals surface area contributed by atoms with Gasteiger partial charge in [0.25, 0.3) is 5.91 Å². The molecule has 3 aromatic rings. The SMILES string of the molecule is CCOc1nc2nn(C)cc2cc1C(=O)Nc1ccc(N2CCN[C@@H](C)C2)nn1. The number of amides is 1. The first-order valence-electron chi connectivity index (χ1n) is 9.64. The Morgan fingerprint density at radius 1 is 1.38 bits per heavy atom. The van der Waals surface area contributed by atoms with Crippen molar-refractivity contribution in [3.05, 3.63) is 30.0 Å². The van der Waals surface area contributed by atoms with Crippen molar-refractivity contribution in [2.45, 2.75) is 19.9 Å². The second kappa shape index (κ2) is 8.00. The molecule has 1 amide bonds. The fourth-order valence-electron chi connectivity index (χ4n) is 3.35. The molecule has 1 saturated heterocycles. The van der Waals surface area contributed by atoms with E-state index in [4.69, 9.17) is 4.74 Å². The summed E-state index contributed by atoms with van der Waals surface area (Å²) < 4.78 is 7.20. The van der Waals surface area contributed by atoms with Crippen molar-refractivity contribution in [3.63, 3.8) is 0 Å². The molecule has 1 atom stereocenters. The Kier molecular flexibility index (Phi) is 5.26. The summed E-state index contributed by atoms with van der Waals surface area (Å²) in [6.07, 6.45) is 1.80. The number of carbonyl (C=O) groups is 1. The summed E-state index contributed by atoms with van der Waals surface area (Å²) in [6.45, 7) is 7.02. The number of hydrogen-bond donors (Lipinski definition) is 2. The van der Waals surface area contributed by atoms with E-state index in [2.05, 4.69) is 42.7 Å². The van der Waals surface area contributed by atoms with E-state index in [0.29, 0.717) is 29.7 Å². The summed E-state index contributed by atoms with van der Waals surface area (Å²) in [5.41, 5.74) is 0.857. The lowest BCUT2D eigenvalue weighted by Gasteiger charge is -2.32. The molecule has 152 valence electrons. The second-order valence-corrected chi connectivity index (χ2v) is 7.02. The number of aromatic nitrogens is 5. The van der Waals surface area contributed by atoms with Gasteiger partial charge in [-0.25, -0.2) is 0 Å². The van der Waals surface area contributed by atoms with Gasteiger partial charge in [-0.2, -0.15) is 10.1 Å². The molecule has 29 heavy (non-hydrogen) atoms. The van der Waals surface area contributed by atoms with Crippen LogP contribution in [0.2, 0.25) is 0 Å². The summed E-state index contributed by atoms with van der Waals surface area (Å²) in [4.78, 5) is 19.4. The van der Waals surface area contributed by atoms with Crippen LogP contribution in [0.1, 0.15) is 24.2 Å². The molecule has 4 heterocycles. The van der Waals surface area contributed by atoms with Gasteiger partial charge in [-0.1, -0.05) is 0 Å². The fraction of sp³-hybridized carbons (Fsp3) is 0.421. The number of ether oxygens (including phenoxy) is 1. The zero-order chi connectivity index (χ0) is 20.4. The minimum atomic E-state index is -0.357. The molecule has 10 nitrogen and oxygen atoms in total. The Morgan fingerprint density at radius 2 is 2.24 bits per heavy atom. The first kappa shape index (κ1) is 19.1. The molecule has 1 aliphatic heterocycles. The largest absolute Gasteiger partial charge is 0.477 e. The number of aryl methyl sites for hydroxylation is 1. The second-order valence-electron chi connectivity index (χ2n) is 7.02. The molecular formula is C19H24N8O2. The normalized spacial score (nSPS) is 16.8. The highest BCUT2D eigenvalue weighted by Gasteiger charge is 2.19. The molecule has 0 saturated carbocycles.